The zero-order valence-corrected chi connectivity index (χ0v) is 13.4. The number of para-hydroxylation sites is 2. The second kappa shape index (κ2) is 9.78. The third-order valence-corrected chi connectivity index (χ3v) is 3.15. The van der Waals surface area contributed by atoms with Crippen molar-refractivity contribution < 1.29 is 19.1 Å². The highest BCUT2D eigenvalue weighted by atomic mass is 16.5. The standard InChI is InChI=1S/C16H24N2O4/c1-4-10-18(11-9-16(20)22-3)12-15(19)17-13-7-5-6-8-14(13)21-2/h5-8H,4,9-12H2,1-3H3,(H,17,19). The molecule has 6 heteroatoms. The van der Waals surface area contributed by atoms with E-state index in [0.717, 1.165) is 13.0 Å². The lowest BCUT2D eigenvalue weighted by molar-refractivity contribution is -0.141. The first-order valence-electron chi connectivity index (χ1n) is 7.32. The molecule has 0 saturated heterocycles. The topological polar surface area (TPSA) is 67.9 Å². The summed E-state index contributed by atoms with van der Waals surface area (Å²) in [5, 5.41) is 2.83. The van der Waals surface area contributed by atoms with Crippen molar-refractivity contribution in [3.63, 3.8) is 0 Å². The molecule has 0 aliphatic heterocycles. The van der Waals surface area contributed by atoms with E-state index in [9.17, 15) is 9.59 Å². The molecule has 0 radical (unpaired) electrons. The fourth-order valence-electron chi connectivity index (χ4n) is 2.08. The van der Waals surface area contributed by atoms with Gasteiger partial charge in [-0.15, -0.1) is 0 Å². The van der Waals surface area contributed by atoms with Crippen molar-refractivity contribution in [2.75, 3.05) is 39.2 Å². The SMILES string of the molecule is CCCN(CCC(=O)OC)CC(=O)Nc1ccccc1OC. The van der Waals surface area contributed by atoms with E-state index < -0.39 is 0 Å². The van der Waals surface area contributed by atoms with E-state index in [0.29, 0.717) is 18.0 Å². The lowest BCUT2D eigenvalue weighted by Crippen LogP contribution is -2.35. The summed E-state index contributed by atoms with van der Waals surface area (Å²) in [6.45, 7) is 3.50. The molecule has 0 unspecified atom stereocenters. The number of carbonyl (C=O) groups is 2. The third-order valence-electron chi connectivity index (χ3n) is 3.15. The van der Waals surface area contributed by atoms with Crippen molar-refractivity contribution in [2.45, 2.75) is 19.8 Å². The van der Waals surface area contributed by atoms with Gasteiger partial charge >= 0.3 is 5.97 Å². The van der Waals surface area contributed by atoms with Gasteiger partial charge in [0.05, 0.1) is 32.9 Å². The Morgan fingerprint density at radius 3 is 2.55 bits per heavy atom. The minimum Gasteiger partial charge on any atom is -0.495 e. The minimum atomic E-state index is -0.272. The van der Waals surface area contributed by atoms with Crippen molar-refractivity contribution in [3.8, 4) is 5.75 Å². The molecule has 0 aromatic heterocycles. The number of rotatable bonds is 9. The van der Waals surface area contributed by atoms with Crippen molar-refractivity contribution in [3.05, 3.63) is 24.3 Å². The number of anilines is 1. The Morgan fingerprint density at radius 1 is 1.18 bits per heavy atom. The fraction of sp³-hybridized carbons (Fsp3) is 0.500. The van der Waals surface area contributed by atoms with Gasteiger partial charge in [-0.1, -0.05) is 19.1 Å². The molecular formula is C16H24N2O4. The minimum absolute atomic E-state index is 0.136. The maximum absolute atomic E-state index is 12.2. The van der Waals surface area contributed by atoms with Gasteiger partial charge in [0.15, 0.2) is 0 Å². The molecule has 1 N–H and O–H groups in total. The quantitative estimate of drug-likeness (QED) is 0.706. The summed E-state index contributed by atoms with van der Waals surface area (Å²) in [6.07, 6.45) is 1.18. The predicted molar refractivity (Wildman–Crippen MR) is 85.0 cm³/mol. The highest BCUT2D eigenvalue weighted by Crippen LogP contribution is 2.22. The van der Waals surface area contributed by atoms with E-state index in [1.54, 1.807) is 19.2 Å². The number of nitrogens with one attached hydrogen (secondary N) is 1. The lowest BCUT2D eigenvalue weighted by atomic mass is 10.3. The molecule has 0 aliphatic carbocycles. The number of nitrogens with zero attached hydrogens (tertiary/aromatic N) is 1. The average Bonchev–Trinajstić information content (AvgIpc) is 2.52. The molecule has 0 aliphatic rings. The molecule has 0 spiro atoms. The van der Waals surface area contributed by atoms with Gasteiger partial charge in [0.25, 0.3) is 0 Å². The Morgan fingerprint density at radius 2 is 1.91 bits per heavy atom. The first kappa shape index (κ1) is 18.0. The van der Waals surface area contributed by atoms with E-state index >= 15 is 0 Å². The third kappa shape index (κ3) is 6.13. The molecule has 0 heterocycles. The van der Waals surface area contributed by atoms with Crippen molar-refractivity contribution in [1.29, 1.82) is 0 Å². The fourth-order valence-corrected chi connectivity index (χ4v) is 2.08. The number of benzene rings is 1. The van der Waals surface area contributed by atoms with Crippen LogP contribution in [0.1, 0.15) is 19.8 Å². The smallest absolute Gasteiger partial charge is 0.306 e. The second-order valence-electron chi connectivity index (χ2n) is 4.85. The molecule has 0 fully saturated rings. The summed E-state index contributed by atoms with van der Waals surface area (Å²) in [7, 11) is 2.92. The molecule has 0 bridgehead atoms. The number of ether oxygens (including phenoxy) is 2. The molecule has 1 aromatic carbocycles. The maximum atomic E-state index is 12.2. The number of carbonyl (C=O) groups excluding carboxylic acids is 2. The van der Waals surface area contributed by atoms with Crippen LogP contribution in [0.5, 0.6) is 5.75 Å². The summed E-state index contributed by atoms with van der Waals surface area (Å²) >= 11 is 0. The number of amides is 1. The molecule has 0 atom stereocenters. The van der Waals surface area contributed by atoms with Crippen LogP contribution >= 0.6 is 0 Å². The van der Waals surface area contributed by atoms with E-state index in [-0.39, 0.29) is 24.8 Å². The molecular weight excluding hydrogens is 284 g/mol. The van der Waals surface area contributed by atoms with Crippen LogP contribution in [0.4, 0.5) is 5.69 Å². The van der Waals surface area contributed by atoms with E-state index in [1.807, 2.05) is 24.0 Å². The number of hydrogen-bond donors (Lipinski definition) is 1. The zero-order valence-electron chi connectivity index (χ0n) is 13.4. The first-order valence-corrected chi connectivity index (χ1v) is 7.32. The van der Waals surface area contributed by atoms with E-state index in [1.165, 1.54) is 7.11 Å². The molecule has 1 amide bonds. The van der Waals surface area contributed by atoms with E-state index in [4.69, 9.17) is 4.74 Å². The van der Waals surface area contributed by atoms with Crippen LogP contribution in [-0.4, -0.2) is 50.6 Å². The van der Waals surface area contributed by atoms with Crippen LogP contribution in [0.25, 0.3) is 0 Å². The van der Waals surface area contributed by atoms with Gasteiger partial charge in [0, 0.05) is 6.54 Å². The van der Waals surface area contributed by atoms with E-state index in [2.05, 4.69) is 10.1 Å². The van der Waals surface area contributed by atoms with Gasteiger partial charge in [0.2, 0.25) is 5.91 Å². The van der Waals surface area contributed by atoms with Crippen LogP contribution < -0.4 is 10.1 Å². The van der Waals surface area contributed by atoms with Crippen molar-refractivity contribution >= 4 is 17.6 Å². The second-order valence-corrected chi connectivity index (χ2v) is 4.85. The van der Waals surface area contributed by atoms with Gasteiger partial charge < -0.3 is 14.8 Å². The molecule has 6 nitrogen and oxygen atoms in total. The molecule has 1 rings (SSSR count). The summed E-state index contributed by atoms with van der Waals surface area (Å²) in [6, 6.07) is 7.25. The van der Waals surface area contributed by atoms with Crippen molar-refractivity contribution in [2.24, 2.45) is 0 Å². The van der Waals surface area contributed by atoms with Crippen LogP contribution in [0.15, 0.2) is 24.3 Å². The Labute approximate surface area is 131 Å². The van der Waals surface area contributed by atoms with Gasteiger partial charge in [-0.3, -0.25) is 14.5 Å². The number of methoxy groups -OCH3 is 2. The van der Waals surface area contributed by atoms with Crippen molar-refractivity contribution in [1.82, 2.24) is 4.90 Å². The Hall–Kier alpha value is -2.08. The van der Waals surface area contributed by atoms with Crippen LogP contribution in [-0.2, 0) is 14.3 Å². The summed E-state index contributed by atoms with van der Waals surface area (Å²) < 4.78 is 9.83. The Balaban J connectivity index is 2.57. The van der Waals surface area contributed by atoms with Gasteiger partial charge in [-0.05, 0) is 25.1 Å². The summed E-state index contributed by atoms with van der Waals surface area (Å²) in [4.78, 5) is 25.3. The highest BCUT2D eigenvalue weighted by molar-refractivity contribution is 5.93. The molecule has 122 valence electrons. The van der Waals surface area contributed by atoms with Gasteiger partial charge in [-0.25, -0.2) is 0 Å². The van der Waals surface area contributed by atoms with Crippen LogP contribution in [0.2, 0.25) is 0 Å². The maximum Gasteiger partial charge on any atom is 0.306 e. The van der Waals surface area contributed by atoms with Gasteiger partial charge in [-0.2, -0.15) is 0 Å². The highest BCUT2D eigenvalue weighted by Gasteiger charge is 2.13. The van der Waals surface area contributed by atoms with Crippen LogP contribution in [0.3, 0.4) is 0 Å². The van der Waals surface area contributed by atoms with Crippen LogP contribution in [0, 0.1) is 0 Å². The Kier molecular flexibility index (Phi) is 7.99. The first-order chi connectivity index (χ1) is 10.6. The number of esters is 1. The molecule has 22 heavy (non-hydrogen) atoms. The Bertz CT molecular complexity index is 491. The average molecular weight is 308 g/mol. The lowest BCUT2D eigenvalue weighted by Gasteiger charge is -2.20. The molecule has 0 saturated carbocycles. The normalized spacial score (nSPS) is 10.4. The molecule has 1 aromatic rings. The number of hydrogen-bond acceptors (Lipinski definition) is 5. The largest absolute Gasteiger partial charge is 0.495 e. The summed E-state index contributed by atoms with van der Waals surface area (Å²) in [5.41, 5.74) is 0.638. The zero-order chi connectivity index (χ0) is 16.4. The predicted octanol–water partition coefficient (Wildman–Crippen LogP) is 1.91. The van der Waals surface area contributed by atoms with Gasteiger partial charge in [0.1, 0.15) is 5.75 Å². The monoisotopic (exact) mass is 308 g/mol. The summed E-state index contributed by atoms with van der Waals surface area (Å²) in [5.74, 6) is 0.210.